The van der Waals surface area contributed by atoms with Gasteiger partial charge in [-0.3, -0.25) is 0 Å². The van der Waals surface area contributed by atoms with E-state index in [1.165, 1.54) is 32.2 Å². The smallest absolute Gasteiger partial charge is 0.0226 e. The van der Waals surface area contributed by atoms with Crippen molar-refractivity contribution in [3.63, 3.8) is 0 Å². The van der Waals surface area contributed by atoms with Crippen LogP contribution in [-0.2, 0) is 0 Å². The number of hydrogen-bond acceptors (Lipinski definition) is 1. The second-order valence-corrected chi connectivity index (χ2v) is 7.43. The molecule has 1 heteroatoms. The fraction of sp³-hybridized carbons (Fsp3) is 0.889. The van der Waals surface area contributed by atoms with Crippen molar-refractivity contribution in [2.45, 2.75) is 73.3 Å². The largest absolute Gasteiger partial charge is 0.311 e. The van der Waals surface area contributed by atoms with Crippen LogP contribution in [0.5, 0.6) is 0 Å². The molecular weight excluding hydrogens is 230 g/mol. The molecule has 0 bridgehead atoms. The Morgan fingerprint density at radius 3 is 2.37 bits per heavy atom. The molecule has 1 aliphatic heterocycles. The molecule has 112 valence electrons. The third-order valence-electron chi connectivity index (χ3n) is 5.22. The van der Waals surface area contributed by atoms with Gasteiger partial charge in [0.05, 0.1) is 0 Å². The van der Waals surface area contributed by atoms with Gasteiger partial charge in [0.2, 0.25) is 0 Å². The lowest BCUT2D eigenvalue weighted by Crippen LogP contribution is -2.29. The molecule has 1 fully saturated rings. The second kappa shape index (κ2) is 7.47. The van der Waals surface area contributed by atoms with Crippen LogP contribution in [0.25, 0.3) is 0 Å². The van der Waals surface area contributed by atoms with E-state index in [-0.39, 0.29) is 0 Å². The molecule has 3 unspecified atom stereocenters. The minimum absolute atomic E-state index is 0.489. The first-order valence-electron chi connectivity index (χ1n) is 8.28. The maximum atomic E-state index is 3.53. The SMILES string of the molecule is CCC(C)(C)C(CCCC=CC(C)C(C)C)C1CN1. The monoisotopic (exact) mass is 265 g/mol. The highest BCUT2D eigenvalue weighted by molar-refractivity contribution is 4.96. The Hall–Kier alpha value is -0.300. The summed E-state index contributed by atoms with van der Waals surface area (Å²) in [6.45, 7) is 15.4. The van der Waals surface area contributed by atoms with Gasteiger partial charge in [-0.2, -0.15) is 0 Å². The average Bonchev–Trinajstić information content (AvgIpc) is 3.17. The van der Waals surface area contributed by atoms with Crippen molar-refractivity contribution in [3.8, 4) is 0 Å². The molecule has 0 aromatic heterocycles. The van der Waals surface area contributed by atoms with E-state index in [1.807, 2.05) is 0 Å². The quantitative estimate of drug-likeness (QED) is 0.352. The van der Waals surface area contributed by atoms with E-state index in [4.69, 9.17) is 0 Å². The lowest BCUT2D eigenvalue weighted by Gasteiger charge is -2.33. The predicted octanol–water partition coefficient (Wildman–Crippen LogP) is 5.03. The highest BCUT2D eigenvalue weighted by atomic mass is 15.1. The Morgan fingerprint density at radius 2 is 1.89 bits per heavy atom. The summed E-state index contributed by atoms with van der Waals surface area (Å²) < 4.78 is 0. The van der Waals surface area contributed by atoms with Gasteiger partial charge in [0, 0.05) is 12.6 Å². The van der Waals surface area contributed by atoms with Gasteiger partial charge in [-0.15, -0.1) is 0 Å². The molecule has 0 aromatic carbocycles. The van der Waals surface area contributed by atoms with E-state index in [0.717, 1.165) is 17.9 Å². The zero-order chi connectivity index (χ0) is 14.5. The van der Waals surface area contributed by atoms with Crippen LogP contribution in [0, 0.1) is 23.2 Å². The summed E-state index contributed by atoms with van der Waals surface area (Å²) >= 11 is 0. The van der Waals surface area contributed by atoms with Crippen molar-refractivity contribution in [1.29, 1.82) is 0 Å². The van der Waals surface area contributed by atoms with Gasteiger partial charge >= 0.3 is 0 Å². The Bertz CT molecular complexity index is 273. The predicted molar refractivity (Wildman–Crippen MR) is 86.3 cm³/mol. The molecule has 0 amide bonds. The van der Waals surface area contributed by atoms with Crippen LogP contribution in [0.2, 0.25) is 0 Å². The summed E-state index contributed by atoms with van der Waals surface area (Å²) in [6, 6.07) is 0.800. The highest BCUT2D eigenvalue weighted by Crippen LogP contribution is 2.38. The van der Waals surface area contributed by atoms with E-state index in [2.05, 4.69) is 59.0 Å². The molecule has 1 rings (SSSR count). The lowest BCUT2D eigenvalue weighted by atomic mass is 9.72. The van der Waals surface area contributed by atoms with Gasteiger partial charge < -0.3 is 5.32 Å². The third kappa shape index (κ3) is 5.69. The average molecular weight is 265 g/mol. The summed E-state index contributed by atoms with van der Waals surface area (Å²) in [5, 5.41) is 3.53. The van der Waals surface area contributed by atoms with E-state index < -0.39 is 0 Å². The Morgan fingerprint density at radius 1 is 1.26 bits per heavy atom. The summed E-state index contributed by atoms with van der Waals surface area (Å²) in [5.41, 5.74) is 0.489. The molecule has 0 aromatic rings. The fourth-order valence-electron chi connectivity index (χ4n) is 2.74. The number of rotatable bonds is 9. The summed E-state index contributed by atoms with van der Waals surface area (Å²) in [7, 11) is 0. The normalized spacial score (nSPS) is 23.0. The van der Waals surface area contributed by atoms with Crippen molar-refractivity contribution in [1.82, 2.24) is 5.32 Å². The van der Waals surface area contributed by atoms with Gasteiger partial charge in [-0.25, -0.2) is 0 Å². The molecule has 0 spiro atoms. The van der Waals surface area contributed by atoms with Crippen LogP contribution < -0.4 is 5.32 Å². The first kappa shape index (κ1) is 16.8. The van der Waals surface area contributed by atoms with Crippen LogP contribution in [0.1, 0.15) is 67.2 Å². The minimum atomic E-state index is 0.489. The zero-order valence-electron chi connectivity index (χ0n) is 14.0. The number of allylic oxidation sites excluding steroid dienone is 2. The summed E-state index contributed by atoms with van der Waals surface area (Å²) in [5.74, 6) is 2.33. The van der Waals surface area contributed by atoms with Crippen molar-refractivity contribution in [2.75, 3.05) is 6.54 Å². The van der Waals surface area contributed by atoms with Gasteiger partial charge in [0.1, 0.15) is 0 Å². The molecule has 0 aliphatic carbocycles. The maximum absolute atomic E-state index is 3.53. The number of unbranched alkanes of at least 4 members (excludes halogenated alkanes) is 1. The molecule has 0 saturated carbocycles. The number of hydrogen-bond donors (Lipinski definition) is 1. The Labute approximate surface area is 121 Å². The highest BCUT2D eigenvalue weighted by Gasteiger charge is 2.39. The summed E-state index contributed by atoms with van der Waals surface area (Å²) in [4.78, 5) is 0. The van der Waals surface area contributed by atoms with E-state index in [1.54, 1.807) is 0 Å². The minimum Gasteiger partial charge on any atom is -0.311 e. The van der Waals surface area contributed by atoms with Crippen LogP contribution in [0.15, 0.2) is 12.2 Å². The first-order chi connectivity index (χ1) is 8.88. The van der Waals surface area contributed by atoms with Crippen molar-refractivity contribution in [3.05, 3.63) is 12.2 Å². The molecular formula is C18H35N. The van der Waals surface area contributed by atoms with E-state index >= 15 is 0 Å². The van der Waals surface area contributed by atoms with Gasteiger partial charge in [0.15, 0.2) is 0 Å². The lowest BCUT2D eigenvalue weighted by molar-refractivity contribution is 0.185. The molecule has 3 atom stereocenters. The van der Waals surface area contributed by atoms with Crippen molar-refractivity contribution < 1.29 is 0 Å². The van der Waals surface area contributed by atoms with E-state index in [9.17, 15) is 0 Å². The molecule has 1 aliphatic rings. The Balaban J connectivity index is 2.30. The van der Waals surface area contributed by atoms with Gasteiger partial charge in [0.25, 0.3) is 0 Å². The number of nitrogens with one attached hydrogen (secondary N) is 1. The van der Waals surface area contributed by atoms with Gasteiger partial charge in [-0.05, 0) is 42.4 Å². The fourth-order valence-corrected chi connectivity index (χ4v) is 2.74. The van der Waals surface area contributed by atoms with Crippen LogP contribution in [0.3, 0.4) is 0 Å². The standard InChI is InChI=1S/C18H35N/c1-7-18(5,6)16(17-13-19-17)12-10-8-9-11-15(4)14(2)3/h9,11,14-17,19H,7-8,10,12-13H2,1-6H3. The van der Waals surface area contributed by atoms with Crippen LogP contribution >= 0.6 is 0 Å². The van der Waals surface area contributed by atoms with Crippen molar-refractivity contribution >= 4 is 0 Å². The summed E-state index contributed by atoms with van der Waals surface area (Å²) in [6.07, 6.45) is 10.1. The molecule has 1 N–H and O–H groups in total. The molecule has 1 nitrogen and oxygen atoms in total. The van der Waals surface area contributed by atoms with Crippen LogP contribution in [-0.4, -0.2) is 12.6 Å². The van der Waals surface area contributed by atoms with Gasteiger partial charge in [-0.1, -0.05) is 60.1 Å². The first-order valence-corrected chi connectivity index (χ1v) is 8.28. The molecule has 19 heavy (non-hydrogen) atoms. The third-order valence-corrected chi connectivity index (χ3v) is 5.22. The molecule has 1 saturated heterocycles. The second-order valence-electron chi connectivity index (χ2n) is 7.43. The Kier molecular flexibility index (Phi) is 6.59. The molecule has 0 radical (unpaired) electrons. The molecule has 1 heterocycles. The van der Waals surface area contributed by atoms with Crippen molar-refractivity contribution in [2.24, 2.45) is 23.2 Å². The maximum Gasteiger partial charge on any atom is 0.0226 e. The topological polar surface area (TPSA) is 21.9 Å². The van der Waals surface area contributed by atoms with Crippen LogP contribution in [0.4, 0.5) is 0 Å². The van der Waals surface area contributed by atoms with E-state index in [0.29, 0.717) is 11.3 Å². The zero-order valence-corrected chi connectivity index (χ0v) is 14.0.